The molecule has 1 aliphatic heterocycles. The number of hydrogen-bond donors (Lipinski definition) is 0. The maximum absolute atomic E-state index is 12.0. The molecule has 134 valence electrons. The maximum atomic E-state index is 12.0. The fourth-order valence-electron chi connectivity index (χ4n) is 2.61. The molecule has 27 heavy (non-hydrogen) atoms. The molecule has 6 nitrogen and oxygen atoms in total. The number of thiophene rings is 1. The lowest BCUT2D eigenvalue weighted by Crippen LogP contribution is -2.03. The van der Waals surface area contributed by atoms with Crippen LogP contribution in [-0.2, 0) is 14.3 Å². The lowest BCUT2D eigenvalue weighted by atomic mass is 10.1. The van der Waals surface area contributed by atoms with Crippen LogP contribution in [0.5, 0.6) is 0 Å². The van der Waals surface area contributed by atoms with Gasteiger partial charge in [0.05, 0.1) is 17.6 Å². The van der Waals surface area contributed by atoms with E-state index in [1.54, 1.807) is 36.4 Å². The number of ether oxygens (including phenoxy) is 2. The van der Waals surface area contributed by atoms with E-state index in [-0.39, 0.29) is 11.6 Å². The van der Waals surface area contributed by atoms with E-state index in [9.17, 15) is 9.59 Å². The predicted molar refractivity (Wildman–Crippen MR) is 100 cm³/mol. The Labute approximate surface area is 158 Å². The summed E-state index contributed by atoms with van der Waals surface area (Å²) in [6.45, 7) is 0. The summed E-state index contributed by atoms with van der Waals surface area (Å²) in [5.74, 6) is 0.200. The number of benzene rings is 1. The van der Waals surface area contributed by atoms with Crippen molar-refractivity contribution in [2.24, 2.45) is 4.99 Å². The number of esters is 2. The van der Waals surface area contributed by atoms with Crippen molar-refractivity contribution in [2.45, 2.75) is 0 Å². The molecule has 3 heterocycles. The minimum Gasteiger partial charge on any atom is -0.465 e. The van der Waals surface area contributed by atoms with E-state index < -0.39 is 11.9 Å². The van der Waals surface area contributed by atoms with Gasteiger partial charge >= 0.3 is 11.9 Å². The van der Waals surface area contributed by atoms with Gasteiger partial charge in [-0.2, -0.15) is 0 Å². The Hall–Kier alpha value is -3.45. The Morgan fingerprint density at radius 1 is 1.15 bits per heavy atom. The zero-order valence-corrected chi connectivity index (χ0v) is 15.0. The summed E-state index contributed by atoms with van der Waals surface area (Å²) in [5, 5.41) is 1.88. The number of carbonyl (C=O) groups is 2. The molecule has 0 fully saturated rings. The molecule has 1 aromatic carbocycles. The lowest BCUT2D eigenvalue weighted by Gasteiger charge is -2.04. The molecule has 0 radical (unpaired) electrons. The van der Waals surface area contributed by atoms with Crippen LogP contribution in [0.25, 0.3) is 17.4 Å². The van der Waals surface area contributed by atoms with Crippen molar-refractivity contribution >= 4 is 35.2 Å². The maximum Gasteiger partial charge on any atom is 0.363 e. The summed E-state index contributed by atoms with van der Waals surface area (Å²) in [6, 6.07) is 14.1. The molecule has 0 bridgehead atoms. The molecular weight excluding hydrogens is 366 g/mol. The first-order valence-electron chi connectivity index (χ1n) is 7.99. The van der Waals surface area contributed by atoms with Gasteiger partial charge in [0.15, 0.2) is 5.70 Å². The van der Waals surface area contributed by atoms with Crippen molar-refractivity contribution in [3.8, 4) is 11.3 Å². The van der Waals surface area contributed by atoms with Crippen LogP contribution < -0.4 is 0 Å². The van der Waals surface area contributed by atoms with E-state index in [0.717, 1.165) is 4.88 Å². The van der Waals surface area contributed by atoms with E-state index in [4.69, 9.17) is 13.9 Å². The number of methoxy groups -OCH3 is 1. The van der Waals surface area contributed by atoms with Gasteiger partial charge in [0, 0.05) is 11.6 Å². The molecule has 3 aromatic rings. The second-order valence-corrected chi connectivity index (χ2v) is 6.50. The Kier molecular flexibility index (Phi) is 4.43. The smallest absolute Gasteiger partial charge is 0.363 e. The number of nitrogens with zero attached hydrogens (tertiary/aromatic N) is 1. The zero-order valence-electron chi connectivity index (χ0n) is 14.2. The minimum absolute atomic E-state index is 0.153. The van der Waals surface area contributed by atoms with Crippen LogP contribution in [-0.4, -0.2) is 24.9 Å². The minimum atomic E-state index is -0.536. The van der Waals surface area contributed by atoms with Crippen molar-refractivity contribution in [1.82, 2.24) is 0 Å². The van der Waals surface area contributed by atoms with E-state index in [0.29, 0.717) is 22.6 Å². The van der Waals surface area contributed by atoms with Gasteiger partial charge in [-0.3, -0.25) is 0 Å². The molecule has 7 heteroatoms. The van der Waals surface area contributed by atoms with Crippen LogP contribution in [0, 0.1) is 0 Å². The number of aliphatic imine (C=N–C) groups is 1. The average Bonchev–Trinajstić information content (AvgIpc) is 3.43. The second kappa shape index (κ2) is 7.05. The molecule has 4 rings (SSSR count). The molecule has 0 unspecified atom stereocenters. The number of hydrogen-bond acceptors (Lipinski definition) is 7. The Balaban J connectivity index is 1.65. The summed E-state index contributed by atoms with van der Waals surface area (Å²) < 4.78 is 15.8. The molecule has 2 aromatic heterocycles. The highest BCUT2D eigenvalue weighted by molar-refractivity contribution is 7.12. The van der Waals surface area contributed by atoms with Gasteiger partial charge in [-0.25, -0.2) is 14.6 Å². The van der Waals surface area contributed by atoms with Gasteiger partial charge in [0.1, 0.15) is 11.5 Å². The van der Waals surface area contributed by atoms with Gasteiger partial charge in [-0.15, -0.1) is 11.3 Å². The molecule has 0 aliphatic carbocycles. The van der Waals surface area contributed by atoms with Crippen molar-refractivity contribution < 1.29 is 23.5 Å². The summed E-state index contributed by atoms with van der Waals surface area (Å²) in [4.78, 5) is 29.0. The van der Waals surface area contributed by atoms with Crippen molar-refractivity contribution in [3.63, 3.8) is 0 Å². The first kappa shape index (κ1) is 17.0. The zero-order chi connectivity index (χ0) is 18.8. The van der Waals surface area contributed by atoms with Gasteiger partial charge in [-0.05, 0) is 29.6 Å². The van der Waals surface area contributed by atoms with Crippen LogP contribution in [0.2, 0.25) is 0 Å². The van der Waals surface area contributed by atoms with Crippen molar-refractivity contribution in [2.75, 3.05) is 7.11 Å². The van der Waals surface area contributed by atoms with Gasteiger partial charge in [-0.1, -0.05) is 24.3 Å². The third-order valence-corrected chi connectivity index (χ3v) is 4.71. The molecule has 0 N–H and O–H groups in total. The predicted octanol–water partition coefficient (Wildman–Crippen LogP) is 4.14. The number of furan rings is 1. The van der Waals surface area contributed by atoms with E-state index in [1.165, 1.54) is 24.5 Å². The Bertz CT molecular complexity index is 1080. The first-order chi connectivity index (χ1) is 13.2. The van der Waals surface area contributed by atoms with E-state index in [2.05, 4.69) is 4.99 Å². The average molecular weight is 379 g/mol. The van der Waals surface area contributed by atoms with E-state index >= 15 is 0 Å². The normalized spacial score (nSPS) is 14.9. The molecule has 0 saturated heterocycles. The molecule has 1 aliphatic rings. The monoisotopic (exact) mass is 379 g/mol. The fraction of sp³-hybridized carbons (Fsp3) is 0.0500. The molecule has 0 spiro atoms. The first-order valence-corrected chi connectivity index (χ1v) is 8.87. The van der Waals surface area contributed by atoms with Gasteiger partial charge in [0.25, 0.3) is 0 Å². The molecule has 0 saturated carbocycles. The van der Waals surface area contributed by atoms with Crippen LogP contribution >= 0.6 is 11.3 Å². The highest BCUT2D eigenvalue weighted by Gasteiger charge is 2.25. The summed E-state index contributed by atoms with van der Waals surface area (Å²) in [5.41, 5.74) is 1.15. The topological polar surface area (TPSA) is 78.1 Å². The largest absolute Gasteiger partial charge is 0.465 e. The highest BCUT2D eigenvalue weighted by Crippen LogP contribution is 2.28. The number of cyclic esters (lactones) is 1. The lowest BCUT2D eigenvalue weighted by molar-refractivity contribution is -0.129. The molecule has 0 amide bonds. The third-order valence-electron chi connectivity index (χ3n) is 3.86. The van der Waals surface area contributed by atoms with E-state index in [1.807, 2.05) is 17.5 Å². The third kappa shape index (κ3) is 3.32. The SMILES string of the molecule is COC(=O)c1ccccc1-c1ccc(/C=C2\N=C(c3cccs3)OC2=O)o1. The standard InChI is InChI=1S/C20H13NO5S/c1-24-19(22)14-6-3-2-5-13(14)16-9-8-12(25-16)11-15-20(23)26-18(21-15)17-7-4-10-27-17/h2-11H,1H3/b15-11-. The van der Waals surface area contributed by atoms with Gasteiger partial charge < -0.3 is 13.9 Å². The van der Waals surface area contributed by atoms with Gasteiger partial charge in [0.2, 0.25) is 5.90 Å². The number of carbonyl (C=O) groups excluding carboxylic acids is 2. The Morgan fingerprint density at radius 3 is 2.78 bits per heavy atom. The summed E-state index contributed by atoms with van der Waals surface area (Å²) in [6.07, 6.45) is 1.51. The molecular formula is C20H13NO5S. The highest BCUT2D eigenvalue weighted by atomic mass is 32.1. The van der Waals surface area contributed by atoms with Crippen molar-refractivity contribution in [3.05, 3.63) is 75.8 Å². The summed E-state index contributed by atoms with van der Waals surface area (Å²) >= 11 is 1.44. The van der Waals surface area contributed by atoms with Crippen LogP contribution in [0.15, 0.2) is 69.0 Å². The van der Waals surface area contributed by atoms with Crippen molar-refractivity contribution in [1.29, 1.82) is 0 Å². The second-order valence-electron chi connectivity index (χ2n) is 5.55. The Morgan fingerprint density at radius 2 is 2.00 bits per heavy atom. The fourth-order valence-corrected chi connectivity index (χ4v) is 3.26. The van der Waals surface area contributed by atoms with Crippen LogP contribution in [0.4, 0.5) is 0 Å². The van der Waals surface area contributed by atoms with Crippen LogP contribution in [0.3, 0.4) is 0 Å². The summed E-state index contributed by atoms with van der Waals surface area (Å²) in [7, 11) is 1.33. The molecule has 0 atom stereocenters. The quantitative estimate of drug-likeness (QED) is 0.503. The number of rotatable bonds is 4. The van der Waals surface area contributed by atoms with Crippen LogP contribution in [0.1, 0.15) is 21.0 Å².